The molecule has 0 aromatic carbocycles. The van der Waals surface area contributed by atoms with E-state index >= 15 is 0 Å². The summed E-state index contributed by atoms with van der Waals surface area (Å²) >= 11 is 0. The molecule has 0 bridgehead atoms. The van der Waals surface area contributed by atoms with Crippen LogP contribution in [0.25, 0.3) is 0 Å². The van der Waals surface area contributed by atoms with Crippen molar-refractivity contribution in [1.82, 2.24) is 0 Å². The Morgan fingerprint density at radius 3 is 1.00 bits per heavy atom. The molecule has 0 saturated heterocycles. The second kappa shape index (κ2) is 50.5. The van der Waals surface area contributed by atoms with Crippen molar-refractivity contribution in [3.8, 4) is 0 Å². The average Bonchev–Trinajstić information content (AvgIpc) is 3.27. The van der Waals surface area contributed by atoms with Crippen LogP contribution in [-0.2, 0) is 28.6 Å². The smallest absolute Gasteiger partial charge is 0.306 e. The van der Waals surface area contributed by atoms with E-state index in [0.29, 0.717) is 19.3 Å². The van der Waals surface area contributed by atoms with Crippen LogP contribution >= 0.6 is 0 Å². The molecule has 0 aliphatic carbocycles. The van der Waals surface area contributed by atoms with Crippen LogP contribution in [-0.4, -0.2) is 37.2 Å². The summed E-state index contributed by atoms with van der Waals surface area (Å²) in [6.45, 7) is 6.45. The number of ether oxygens (including phenoxy) is 3. The lowest BCUT2D eigenvalue weighted by atomic mass is 10.1. The van der Waals surface area contributed by atoms with Gasteiger partial charge in [0.25, 0.3) is 0 Å². The van der Waals surface area contributed by atoms with Gasteiger partial charge in [-0.25, -0.2) is 0 Å². The number of rotatable bonds is 46. The van der Waals surface area contributed by atoms with E-state index in [4.69, 9.17) is 14.2 Å². The zero-order valence-electron chi connectivity index (χ0n) is 40.6. The fraction of sp³-hybridized carbons (Fsp3) is 0.732. The predicted octanol–water partition coefficient (Wildman–Crippen LogP) is 17.0. The normalized spacial score (nSPS) is 12.6. The molecule has 6 nitrogen and oxygen atoms in total. The van der Waals surface area contributed by atoms with Crippen LogP contribution < -0.4 is 0 Å². The van der Waals surface area contributed by atoms with E-state index in [1.54, 1.807) is 0 Å². The summed E-state index contributed by atoms with van der Waals surface area (Å²) in [5, 5.41) is 0. The van der Waals surface area contributed by atoms with Gasteiger partial charge in [0.2, 0.25) is 0 Å². The molecule has 1 atom stereocenters. The monoisotopic (exact) mass is 865 g/mol. The van der Waals surface area contributed by atoms with E-state index < -0.39 is 6.10 Å². The van der Waals surface area contributed by atoms with Crippen molar-refractivity contribution in [2.24, 2.45) is 0 Å². The van der Waals surface area contributed by atoms with Gasteiger partial charge in [-0.2, -0.15) is 0 Å². The molecule has 0 rings (SSSR count). The van der Waals surface area contributed by atoms with Crippen LogP contribution in [0.2, 0.25) is 0 Å². The third-order valence-corrected chi connectivity index (χ3v) is 10.9. The Kier molecular flexibility index (Phi) is 47.9. The number of hydrogen-bond acceptors (Lipinski definition) is 6. The van der Waals surface area contributed by atoms with Gasteiger partial charge >= 0.3 is 17.9 Å². The molecule has 0 aromatic heterocycles. The zero-order chi connectivity index (χ0) is 45.1. The summed E-state index contributed by atoms with van der Waals surface area (Å²) in [5.74, 6) is -0.922. The van der Waals surface area contributed by atoms with Crippen LogP contribution in [0, 0.1) is 0 Å². The van der Waals surface area contributed by atoms with Gasteiger partial charge in [0, 0.05) is 19.3 Å². The minimum absolute atomic E-state index is 0.0895. The second-order valence-corrected chi connectivity index (χ2v) is 17.0. The van der Waals surface area contributed by atoms with Crippen molar-refractivity contribution in [2.75, 3.05) is 13.2 Å². The lowest BCUT2D eigenvalue weighted by molar-refractivity contribution is -0.167. The summed E-state index contributed by atoms with van der Waals surface area (Å²) in [7, 11) is 0. The van der Waals surface area contributed by atoms with Crippen LogP contribution in [0.5, 0.6) is 0 Å². The lowest BCUT2D eigenvalue weighted by Crippen LogP contribution is -2.30. The summed E-state index contributed by atoms with van der Waals surface area (Å²) in [6.07, 6.45) is 63.1. The van der Waals surface area contributed by atoms with Gasteiger partial charge in [-0.05, 0) is 109 Å². The molecular formula is C56H96O6. The molecule has 0 fully saturated rings. The highest BCUT2D eigenvalue weighted by molar-refractivity contribution is 5.71. The summed E-state index contributed by atoms with van der Waals surface area (Å²) in [5.41, 5.74) is 0. The second-order valence-electron chi connectivity index (χ2n) is 17.0. The quantitative estimate of drug-likeness (QED) is 0.0262. The van der Waals surface area contributed by atoms with Gasteiger partial charge in [-0.3, -0.25) is 14.4 Å². The largest absolute Gasteiger partial charge is 0.462 e. The Balaban J connectivity index is 4.42. The molecule has 0 radical (unpaired) electrons. The number of allylic oxidation sites excluding steroid dienone is 12. The van der Waals surface area contributed by atoms with E-state index in [0.717, 1.165) is 116 Å². The molecule has 0 N–H and O–H groups in total. The first-order valence-corrected chi connectivity index (χ1v) is 25.9. The van der Waals surface area contributed by atoms with Crippen molar-refractivity contribution in [3.05, 3.63) is 72.9 Å². The van der Waals surface area contributed by atoms with Gasteiger partial charge in [-0.15, -0.1) is 0 Å². The molecule has 0 aromatic rings. The van der Waals surface area contributed by atoms with E-state index in [-0.39, 0.29) is 31.1 Å². The molecule has 1 unspecified atom stereocenters. The minimum atomic E-state index is -0.790. The molecule has 0 aliphatic heterocycles. The minimum Gasteiger partial charge on any atom is -0.462 e. The van der Waals surface area contributed by atoms with Gasteiger partial charge < -0.3 is 14.2 Å². The molecule has 0 aliphatic rings. The summed E-state index contributed by atoms with van der Waals surface area (Å²) < 4.78 is 16.8. The van der Waals surface area contributed by atoms with E-state index in [1.807, 2.05) is 0 Å². The van der Waals surface area contributed by atoms with Crippen molar-refractivity contribution >= 4 is 17.9 Å². The van der Waals surface area contributed by atoms with Crippen molar-refractivity contribution in [2.45, 2.75) is 252 Å². The highest BCUT2D eigenvalue weighted by atomic mass is 16.6. The molecule has 0 heterocycles. The topological polar surface area (TPSA) is 78.9 Å². The van der Waals surface area contributed by atoms with E-state index in [1.165, 1.54) is 89.9 Å². The van der Waals surface area contributed by atoms with Crippen molar-refractivity contribution in [1.29, 1.82) is 0 Å². The van der Waals surface area contributed by atoms with Crippen LogP contribution in [0.3, 0.4) is 0 Å². The Labute approximate surface area is 382 Å². The lowest BCUT2D eigenvalue weighted by Gasteiger charge is -2.18. The number of unbranched alkanes of at least 4 members (excludes halogenated alkanes) is 23. The molecule has 0 saturated carbocycles. The first kappa shape index (κ1) is 58.9. The molecular weight excluding hydrogens is 769 g/mol. The third kappa shape index (κ3) is 47.9. The molecule has 6 heteroatoms. The van der Waals surface area contributed by atoms with E-state index in [2.05, 4.69) is 93.7 Å². The Bertz CT molecular complexity index is 1180. The SMILES string of the molecule is CC/C=C\C/C=C\C/C=C\CCCCCCCC(=O)OC(COC(=O)CCCCCCC/C=C\CCCCC)COC(=O)CCCCCCCCC/C=C\C/C=C\CCCCC. The Morgan fingerprint density at radius 2 is 0.629 bits per heavy atom. The maximum atomic E-state index is 12.8. The van der Waals surface area contributed by atoms with Crippen molar-refractivity contribution in [3.63, 3.8) is 0 Å². The fourth-order valence-corrected chi connectivity index (χ4v) is 7.01. The highest BCUT2D eigenvalue weighted by Gasteiger charge is 2.19. The van der Waals surface area contributed by atoms with Gasteiger partial charge in [0.05, 0.1) is 0 Å². The van der Waals surface area contributed by atoms with Crippen LogP contribution in [0.1, 0.15) is 245 Å². The summed E-state index contributed by atoms with van der Waals surface area (Å²) in [6, 6.07) is 0. The first-order chi connectivity index (χ1) is 30.5. The highest BCUT2D eigenvalue weighted by Crippen LogP contribution is 2.14. The van der Waals surface area contributed by atoms with Gasteiger partial charge in [0.1, 0.15) is 13.2 Å². The standard InChI is InChI=1S/C56H96O6/c1-4-7-10-13-16-19-22-25-27-28-30-31-34-37-40-43-46-49-55(58)61-52-53(51-60-54(57)48-45-42-39-36-33-24-21-18-15-12-9-6-3)62-56(59)50-47-44-41-38-35-32-29-26-23-20-17-14-11-8-5-2/h8,11,16-21,25-27,29,53H,4-7,9-10,12-15,22-24,28,30-52H2,1-3H3/b11-8-,19-16-,20-17-,21-18-,27-25-,29-26-. The molecule has 356 valence electrons. The van der Waals surface area contributed by atoms with Crippen molar-refractivity contribution < 1.29 is 28.6 Å². The van der Waals surface area contributed by atoms with E-state index in [9.17, 15) is 14.4 Å². The number of carbonyl (C=O) groups excluding carboxylic acids is 3. The number of hydrogen-bond donors (Lipinski definition) is 0. The van der Waals surface area contributed by atoms with Crippen LogP contribution in [0.15, 0.2) is 72.9 Å². The number of esters is 3. The maximum Gasteiger partial charge on any atom is 0.306 e. The maximum absolute atomic E-state index is 12.8. The average molecular weight is 865 g/mol. The number of carbonyl (C=O) groups is 3. The van der Waals surface area contributed by atoms with Gasteiger partial charge in [0.15, 0.2) is 6.10 Å². The molecule has 0 amide bonds. The molecule has 62 heavy (non-hydrogen) atoms. The summed E-state index contributed by atoms with van der Waals surface area (Å²) in [4.78, 5) is 38.0. The first-order valence-electron chi connectivity index (χ1n) is 25.9. The Morgan fingerprint density at radius 1 is 0.339 bits per heavy atom. The fourth-order valence-electron chi connectivity index (χ4n) is 7.01. The Hall–Kier alpha value is -3.15. The van der Waals surface area contributed by atoms with Gasteiger partial charge in [-0.1, -0.05) is 190 Å². The third-order valence-electron chi connectivity index (χ3n) is 10.9. The predicted molar refractivity (Wildman–Crippen MR) is 265 cm³/mol. The molecule has 0 spiro atoms. The zero-order valence-corrected chi connectivity index (χ0v) is 40.6. The van der Waals surface area contributed by atoms with Crippen LogP contribution in [0.4, 0.5) is 0 Å².